The van der Waals surface area contributed by atoms with E-state index in [0.717, 1.165) is 0 Å². The molecular formula is C16H16ClFN2O3S. The van der Waals surface area contributed by atoms with Gasteiger partial charge in [0.1, 0.15) is 5.82 Å². The van der Waals surface area contributed by atoms with Crippen LogP contribution in [-0.4, -0.2) is 20.4 Å². The number of carbonyl (C=O) groups excluding carboxylic acids is 1. The van der Waals surface area contributed by atoms with Crippen molar-refractivity contribution < 1.29 is 17.6 Å². The molecule has 0 aromatic heterocycles. The first kappa shape index (κ1) is 18.4. The topological polar surface area (TPSA) is 75.3 Å². The second-order valence-electron chi connectivity index (χ2n) is 5.25. The number of anilines is 1. The van der Waals surface area contributed by atoms with Gasteiger partial charge in [-0.1, -0.05) is 17.7 Å². The van der Waals surface area contributed by atoms with Crippen LogP contribution in [0.25, 0.3) is 0 Å². The van der Waals surface area contributed by atoms with E-state index < -0.39 is 27.8 Å². The second kappa shape index (κ2) is 7.29. The van der Waals surface area contributed by atoms with Crippen molar-refractivity contribution in [1.29, 1.82) is 0 Å². The van der Waals surface area contributed by atoms with Crippen LogP contribution in [0.5, 0.6) is 0 Å². The summed E-state index contributed by atoms with van der Waals surface area (Å²) in [5.74, 6) is -1.09. The highest BCUT2D eigenvalue weighted by Gasteiger charge is 2.22. The number of sulfonamides is 1. The Kier molecular flexibility index (Phi) is 5.58. The van der Waals surface area contributed by atoms with E-state index in [-0.39, 0.29) is 10.6 Å². The highest BCUT2D eigenvalue weighted by Crippen LogP contribution is 2.17. The van der Waals surface area contributed by atoms with Gasteiger partial charge in [0.15, 0.2) is 0 Å². The molecule has 2 aromatic carbocycles. The summed E-state index contributed by atoms with van der Waals surface area (Å²) in [4.78, 5) is 12.2. The zero-order valence-corrected chi connectivity index (χ0v) is 14.6. The Labute approximate surface area is 144 Å². The maximum absolute atomic E-state index is 13.3. The standard InChI is InChI=1S/C16H16ClFN2O3S/c1-10-3-6-13(18)9-15(10)19-16(21)11(2)20-24(22,23)14-7-4-12(17)5-8-14/h3-9,11,20H,1-2H3,(H,19,21). The fourth-order valence-corrected chi connectivity index (χ4v) is 3.27. The molecule has 0 bridgehead atoms. The van der Waals surface area contributed by atoms with Crippen molar-refractivity contribution in [3.63, 3.8) is 0 Å². The number of halogens is 2. The normalized spacial score (nSPS) is 12.7. The predicted octanol–water partition coefficient (Wildman–Crippen LogP) is 3.09. The molecular weight excluding hydrogens is 355 g/mol. The molecule has 0 spiro atoms. The molecule has 0 aliphatic carbocycles. The monoisotopic (exact) mass is 370 g/mol. The largest absolute Gasteiger partial charge is 0.324 e. The average molecular weight is 371 g/mol. The first-order chi connectivity index (χ1) is 11.2. The number of rotatable bonds is 5. The van der Waals surface area contributed by atoms with E-state index in [1.54, 1.807) is 6.92 Å². The number of hydrogen-bond acceptors (Lipinski definition) is 3. The molecule has 0 aliphatic rings. The van der Waals surface area contributed by atoms with Crippen molar-refractivity contribution in [2.75, 3.05) is 5.32 Å². The SMILES string of the molecule is Cc1ccc(F)cc1NC(=O)C(C)NS(=O)(=O)c1ccc(Cl)cc1. The highest BCUT2D eigenvalue weighted by atomic mass is 35.5. The summed E-state index contributed by atoms with van der Waals surface area (Å²) in [6.45, 7) is 3.11. The molecule has 0 fully saturated rings. The molecule has 0 aliphatic heterocycles. The average Bonchev–Trinajstić information content (AvgIpc) is 2.51. The minimum atomic E-state index is -3.88. The van der Waals surface area contributed by atoms with Crippen molar-refractivity contribution in [2.24, 2.45) is 0 Å². The van der Waals surface area contributed by atoms with Gasteiger partial charge < -0.3 is 5.32 Å². The Hall–Kier alpha value is -1.96. The lowest BCUT2D eigenvalue weighted by molar-refractivity contribution is -0.117. The number of nitrogens with one attached hydrogen (secondary N) is 2. The minimum absolute atomic E-state index is 0.00603. The molecule has 2 rings (SSSR count). The molecule has 0 heterocycles. The smallest absolute Gasteiger partial charge is 0.242 e. The third-order valence-corrected chi connectivity index (χ3v) is 5.12. The van der Waals surface area contributed by atoms with E-state index in [9.17, 15) is 17.6 Å². The molecule has 1 atom stereocenters. The van der Waals surface area contributed by atoms with E-state index in [4.69, 9.17) is 11.6 Å². The Morgan fingerprint density at radius 2 is 1.79 bits per heavy atom. The van der Waals surface area contributed by atoms with Crippen LogP contribution >= 0.6 is 11.6 Å². The number of benzene rings is 2. The van der Waals surface area contributed by atoms with E-state index in [1.807, 2.05) is 0 Å². The van der Waals surface area contributed by atoms with Gasteiger partial charge in [0.2, 0.25) is 15.9 Å². The van der Waals surface area contributed by atoms with Gasteiger partial charge in [-0.3, -0.25) is 4.79 Å². The molecule has 0 saturated heterocycles. The lowest BCUT2D eigenvalue weighted by Gasteiger charge is -2.15. The maximum atomic E-state index is 13.3. The van der Waals surface area contributed by atoms with Crippen LogP contribution in [0.2, 0.25) is 5.02 Å². The molecule has 1 amide bonds. The molecule has 0 saturated carbocycles. The summed E-state index contributed by atoms with van der Waals surface area (Å²) in [6.07, 6.45) is 0. The zero-order valence-electron chi connectivity index (χ0n) is 13.0. The van der Waals surface area contributed by atoms with Crippen molar-refractivity contribution in [3.8, 4) is 0 Å². The van der Waals surface area contributed by atoms with Crippen molar-refractivity contribution >= 4 is 33.2 Å². The first-order valence-electron chi connectivity index (χ1n) is 7.04. The Balaban J connectivity index is 2.10. The Morgan fingerprint density at radius 1 is 1.17 bits per heavy atom. The van der Waals surface area contributed by atoms with Gasteiger partial charge in [-0.15, -0.1) is 0 Å². The summed E-state index contributed by atoms with van der Waals surface area (Å²) in [7, 11) is -3.88. The van der Waals surface area contributed by atoms with E-state index in [1.165, 1.54) is 49.4 Å². The summed E-state index contributed by atoms with van der Waals surface area (Å²) in [5.41, 5.74) is 0.954. The van der Waals surface area contributed by atoms with E-state index >= 15 is 0 Å². The van der Waals surface area contributed by atoms with Gasteiger partial charge in [-0.05, 0) is 55.8 Å². The third-order valence-electron chi connectivity index (χ3n) is 3.31. The molecule has 5 nitrogen and oxygen atoms in total. The van der Waals surface area contributed by atoms with Gasteiger partial charge in [0.25, 0.3) is 0 Å². The van der Waals surface area contributed by atoms with Crippen LogP contribution in [-0.2, 0) is 14.8 Å². The fraction of sp³-hybridized carbons (Fsp3) is 0.188. The number of hydrogen-bond donors (Lipinski definition) is 2. The summed E-state index contributed by atoms with van der Waals surface area (Å²) in [5, 5.41) is 2.91. The Bertz CT molecular complexity index is 854. The van der Waals surface area contributed by atoms with Gasteiger partial charge in [0.05, 0.1) is 10.9 Å². The molecule has 1 unspecified atom stereocenters. The summed E-state index contributed by atoms with van der Waals surface area (Å²) in [6, 6.07) is 8.48. The number of aryl methyl sites for hydroxylation is 1. The lowest BCUT2D eigenvalue weighted by Crippen LogP contribution is -2.41. The fourth-order valence-electron chi connectivity index (χ4n) is 1.94. The van der Waals surface area contributed by atoms with Crippen LogP contribution in [0.3, 0.4) is 0 Å². The molecule has 8 heteroatoms. The van der Waals surface area contributed by atoms with Crippen LogP contribution in [0.1, 0.15) is 12.5 Å². The van der Waals surface area contributed by atoms with Gasteiger partial charge in [-0.2, -0.15) is 4.72 Å². The van der Waals surface area contributed by atoms with Gasteiger partial charge in [-0.25, -0.2) is 12.8 Å². The van der Waals surface area contributed by atoms with Crippen molar-refractivity contribution in [3.05, 3.63) is 58.9 Å². The maximum Gasteiger partial charge on any atom is 0.242 e. The van der Waals surface area contributed by atoms with Gasteiger partial charge in [0, 0.05) is 10.7 Å². The Morgan fingerprint density at radius 3 is 2.42 bits per heavy atom. The molecule has 128 valence electrons. The van der Waals surface area contributed by atoms with E-state index in [0.29, 0.717) is 10.6 Å². The number of carbonyl (C=O) groups is 1. The van der Waals surface area contributed by atoms with Crippen LogP contribution in [0.4, 0.5) is 10.1 Å². The van der Waals surface area contributed by atoms with Crippen LogP contribution in [0.15, 0.2) is 47.4 Å². The predicted molar refractivity (Wildman–Crippen MR) is 91.0 cm³/mol. The summed E-state index contributed by atoms with van der Waals surface area (Å²) < 4.78 is 40.0. The molecule has 2 aromatic rings. The summed E-state index contributed by atoms with van der Waals surface area (Å²) >= 11 is 5.73. The second-order valence-corrected chi connectivity index (χ2v) is 7.40. The van der Waals surface area contributed by atoms with Crippen molar-refractivity contribution in [2.45, 2.75) is 24.8 Å². The van der Waals surface area contributed by atoms with Crippen LogP contribution < -0.4 is 10.0 Å². The molecule has 0 radical (unpaired) electrons. The van der Waals surface area contributed by atoms with E-state index in [2.05, 4.69) is 10.0 Å². The third kappa shape index (κ3) is 4.53. The minimum Gasteiger partial charge on any atom is -0.324 e. The highest BCUT2D eigenvalue weighted by molar-refractivity contribution is 7.89. The van der Waals surface area contributed by atoms with Gasteiger partial charge >= 0.3 is 0 Å². The molecule has 2 N–H and O–H groups in total. The van der Waals surface area contributed by atoms with Crippen molar-refractivity contribution in [1.82, 2.24) is 4.72 Å². The number of amides is 1. The first-order valence-corrected chi connectivity index (χ1v) is 8.90. The quantitative estimate of drug-likeness (QED) is 0.849. The lowest BCUT2D eigenvalue weighted by atomic mass is 10.2. The molecule has 24 heavy (non-hydrogen) atoms. The zero-order chi connectivity index (χ0) is 17.9. The van der Waals surface area contributed by atoms with Crippen LogP contribution in [0, 0.1) is 12.7 Å².